The molecule has 3 aromatic carbocycles. The summed E-state index contributed by atoms with van der Waals surface area (Å²) in [6, 6.07) is 11.8. The fourth-order valence-corrected chi connectivity index (χ4v) is 4.75. The van der Waals surface area contributed by atoms with Crippen LogP contribution in [0.5, 0.6) is 0 Å². The van der Waals surface area contributed by atoms with Gasteiger partial charge in [0.1, 0.15) is 5.82 Å². The number of hydrogen-bond donors (Lipinski definition) is 0. The Bertz CT molecular complexity index is 1050. The highest BCUT2D eigenvalue weighted by Crippen LogP contribution is 2.42. The van der Waals surface area contributed by atoms with Crippen molar-refractivity contribution in [3.63, 3.8) is 0 Å². The van der Waals surface area contributed by atoms with Crippen molar-refractivity contribution in [1.29, 1.82) is 0 Å². The SMILES string of the molecule is CCCCc1ccc(C2CCC(c3ccc4c(F)c(F)c(F)cc4c3)CC2)c(F)c1. The van der Waals surface area contributed by atoms with Crippen LogP contribution in [0, 0.1) is 23.3 Å². The molecule has 158 valence electrons. The summed E-state index contributed by atoms with van der Waals surface area (Å²) in [6.45, 7) is 2.13. The lowest BCUT2D eigenvalue weighted by atomic mass is 9.75. The van der Waals surface area contributed by atoms with Crippen LogP contribution in [0.3, 0.4) is 0 Å². The Morgan fingerprint density at radius 3 is 2.20 bits per heavy atom. The largest absolute Gasteiger partial charge is 0.207 e. The van der Waals surface area contributed by atoms with Crippen molar-refractivity contribution in [3.05, 3.63) is 82.4 Å². The number of unbranched alkanes of at least 4 members (excludes halogenated alkanes) is 1. The highest BCUT2D eigenvalue weighted by Gasteiger charge is 2.26. The van der Waals surface area contributed by atoms with Gasteiger partial charge >= 0.3 is 0 Å². The molecule has 1 aliphatic rings. The van der Waals surface area contributed by atoms with Crippen LogP contribution in [0.4, 0.5) is 17.6 Å². The first-order valence-electron chi connectivity index (χ1n) is 10.8. The van der Waals surface area contributed by atoms with Crippen LogP contribution >= 0.6 is 0 Å². The lowest BCUT2D eigenvalue weighted by molar-refractivity contribution is 0.387. The van der Waals surface area contributed by atoms with E-state index in [1.54, 1.807) is 18.2 Å². The van der Waals surface area contributed by atoms with E-state index in [0.29, 0.717) is 5.39 Å². The second-order valence-electron chi connectivity index (χ2n) is 8.47. The molecule has 1 aliphatic carbocycles. The molecule has 30 heavy (non-hydrogen) atoms. The molecule has 0 amide bonds. The van der Waals surface area contributed by atoms with Gasteiger partial charge in [0.2, 0.25) is 0 Å². The van der Waals surface area contributed by atoms with E-state index in [4.69, 9.17) is 0 Å². The highest BCUT2D eigenvalue weighted by atomic mass is 19.2. The maximum Gasteiger partial charge on any atom is 0.195 e. The van der Waals surface area contributed by atoms with Gasteiger partial charge in [0.05, 0.1) is 0 Å². The van der Waals surface area contributed by atoms with Gasteiger partial charge in [-0.3, -0.25) is 0 Å². The summed E-state index contributed by atoms with van der Waals surface area (Å²) in [5, 5.41) is 0.469. The molecule has 0 aliphatic heterocycles. The predicted molar refractivity (Wildman–Crippen MR) is 113 cm³/mol. The minimum Gasteiger partial charge on any atom is -0.207 e. The summed E-state index contributed by atoms with van der Waals surface area (Å²) in [4.78, 5) is 0. The van der Waals surface area contributed by atoms with Crippen molar-refractivity contribution in [3.8, 4) is 0 Å². The summed E-state index contributed by atoms with van der Waals surface area (Å²) in [5.74, 6) is -3.39. The smallest absolute Gasteiger partial charge is 0.195 e. The highest BCUT2D eigenvalue weighted by molar-refractivity contribution is 5.84. The summed E-state index contributed by atoms with van der Waals surface area (Å²) >= 11 is 0. The first-order chi connectivity index (χ1) is 14.5. The maximum absolute atomic E-state index is 14.7. The van der Waals surface area contributed by atoms with E-state index in [2.05, 4.69) is 6.92 Å². The van der Waals surface area contributed by atoms with Gasteiger partial charge in [-0.1, -0.05) is 43.7 Å². The molecule has 0 spiro atoms. The van der Waals surface area contributed by atoms with Gasteiger partial charge in [-0.2, -0.15) is 0 Å². The molecule has 0 bridgehead atoms. The quantitative estimate of drug-likeness (QED) is 0.292. The van der Waals surface area contributed by atoms with Crippen molar-refractivity contribution >= 4 is 10.8 Å². The van der Waals surface area contributed by atoms with Crippen molar-refractivity contribution in [2.45, 2.75) is 63.7 Å². The molecule has 3 aromatic rings. The molecule has 0 saturated heterocycles. The minimum atomic E-state index is -1.43. The van der Waals surface area contributed by atoms with Gasteiger partial charge in [0, 0.05) is 5.39 Å². The van der Waals surface area contributed by atoms with Crippen LogP contribution in [-0.2, 0) is 6.42 Å². The number of halogens is 4. The molecular weight excluding hydrogens is 388 g/mol. The number of benzene rings is 3. The Hall–Kier alpha value is -2.36. The lowest BCUT2D eigenvalue weighted by Crippen LogP contribution is -2.13. The lowest BCUT2D eigenvalue weighted by Gasteiger charge is -2.29. The molecule has 0 aromatic heterocycles. The molecule has 0 unspecified atom stereocenters. The third-order valence-corrected chi connectivity index (χ3v) is 6.52. The van der Waals surface area contributed by atoms with Gasteiger partial charge in [0.25, 0.3) is 0 Å². The molecular formula is C26H26F4. The third kappa shape index (κ3) is 4.10. The number of aryl methyl sites for hydroxylation is 1. The third-order valence-electron chi connectivity index (χ3n) is 6.52. The first kappa shape index (κ1) is 20.9. The van der Waals surface area contributed by atoms with E-state index >= 15 is 0 Å². The van der Waals surface area contributed by atoms with Crippen LogP contribution in [-0.4, -0.2) is 0 Å². The Morgan fingerprint density at radius 1 is 0.767 bits per heavy atom. The zero-order valence-corrected chi connectivity index (χ0v) is 17.2. The van der Waals surface area contributed by atoms with Crippen LogP contribution in [0.25, 0.3) is 10.8 Å². The molecule has 4 heteroatoms. The van der Waals surface area contributed by atoms with E-state index < -0.39 is 17.5 Å². The van der Waals surface area contributed by atoms with E-state index in [1.807, 2.05) is 12.1 Å². The maximum atomic E-state index is 14.7. The van der Waals surface area contributed by atoms with E-state index in [1.165, 1.54) is 6.07 Å². The number of fused-ring (bicyclic) bond motifs is 1. The van der Waals surface area contributed by atoms with Crippen LogP contribution in [0.1, 0.15) is 74.0 Å². The second-order valence-corrected chi connectivity index (χ2v) is 8.47. The van der Waals surface area contributed by atoms with E-state index in [9.17, 15) is 17.6 Å². The van der Waals surface area contributed by atoms with Gasteiger partial charge < -0.3 is 0 Å². The van der Waals surface area contributed by atoms with Crippen LogP contribution in [0.15, 0.2) is 42.5 Å². The fraction of sp³-hybridized carbons (Fsp3) is 0.385. The molecule has 1 saturated carbocycles. The molecule has 4 rings (SSSR count). The van der Waals surface area contributed by atoms with Gasteiger partial charge in [-0.05, 0) is 84.6 Å². The first-order valence-corrected chi connectivity index (χ1v) is 10.8. The molecule has 0 atom stereocenters. The average Bonchev–Trinajstić information content (AvgIpc) is 2.76. The van der Waals surface area contributed by atoms with Gasteiger partial charge in [-0.15, -0.1) is 0 Å². The molecule has 1 fully saturated rings. The van der Waals surface area contributed by atoms with Crippen LogP contribution < -0.4 is 0 Å². The second kappa shape index (κ2) is 8.79. The molecule has 0 heterocycles. The van der Waals surface area contributed by atoms with Gasteiger partial charge in [-0.25, -0.2) is 17.6 Å². The zero-order valence-electron chi connectivity index (χ0n) is 17.2. The fourth-order valence-electron chi connectivity index (χ4n) is 4.75. The van der Waals surface area contributed by atoms with Crippen molar-refractivity contribution in [2.24, 2.45) is 0 Å². The predicted octanol–water partition coefficient (Wildman–Crippen LogP) is 8.18. The number of hydrogen-bond acceptors (Lipinski definition) is 0. The summed E-state index contributed by atoms with van der Waals surface area (Å²) in [7, 11) is 0. The normalized spacial score (nSPS) is 19.4. The van der Waals surface area contributed by atoms with Crippen molar-refractivity contribution < 1.29 is 17.6 Å². The van der Waals surface area contributed by atoms with Gasteiger partial charge in [0.15, 0.2) is 17.5 Å². The van der Waals surface area contributed by atoms with Crippen molar-refractivity contribution in [1.82, 2.24) is 0 Å². The van der Waals surface area contributed by atoms with E-state index in [-0.39, 0.29) is 23.0 Å². The zero-order chi connectivity index (χ0) is 21.3. The molecule has 0 N–H and O–H groups in total. The number of rotatable bonds is 5. The van der Waals surface area contributed by atoms with Crippen molar-refractivity contribution in [2.75, 3.05) is 0 Å². The Labute approximate surface area is 174 Å². The molecule has 0 nitrogen and oxygen atoms in total. The Morgan fingerprint density at radius 2 is 1.50 bits per heavy atom. The molecule has 0 radical (unpaired) electrons. The van der Waals surface area contributed by atoms with Crippen LogP contribution in [0.2, 0.25) is 0 Å². The average molecular weight is 414 g/mol. The standard InChI is InChI=1S/C26H26F4/c1-2-3-4-16-5-11-21(23(27)13-16)18-8-6-17(7-9-18)19-10-12-22-20(14-19)15-24(28)26(30)25(22)29/h5,10-15,17-18H,2-4,6-9H2,1H3. The minimum absolute atomic E-state index is 0.0940. The topological polar surface area (TPSA) is 0 Å². The Balaban J connectivity index is 1.47. The summed E-state index contributed by atoms with van der Waals surface area (Å²) < 4.78 is 55.7. The monoisotopic (exact) mass is 414 g/mol. The summed E-state index contributed by atoms with van der Waals surface area (Å²) in [6.07, 6.45) is 6.60. The van der Waals surface area contributed by atoms with E-state index in [0.717, 1.165) is 67.7 Å². The Kier molecular flexibility index (Phi) is 6.12. The summed E-state index contributed by atoms with van der Waals surface area (Å²) in [5.41, 5.74) is 2.85.